The molecule has 0 aliphatic carbocycles. The molecule has 168 valence electrons. The molecule has 4 aromatic heterocycles. The van der Waals surface area contributed by atoms with Crippen LogP contribution in [0.4, 0.5) is 0 Å². The van der Waals surface area contributed by atoms with Crippen LogP contribution in [-0.4, -0.2) is 41.6 Å². The van der Waals surface area contributed by atoms with Gasteiger partial charge >= 0.3 is 0 Å². The molecule has 0 saturated heterocycles. The van der Waals surface area contributed by atoms with Crippen LogP contribution in [0.15, 0.2) is 59.8 Å². The monoisotopic (exact) mass is 482 g/mol. The summed E-state index contributed by atoms with van der Waals surface area (Å²) in [6.45, 7) is 1.90. The van der Waals surface area contributed by atoms with E-state index in [0.717, 1.165) is 5.56 Å². The minimum atomic E-state index is -4.01. The van der Waals surface area contributed by atoms with E-state index < -0.39 is 10.0 Å². The van der Waals surface area contributed by atoms with Gasteiger partial charge in [-0.15, -0.1) is 0 Å². The summed E-state index contributed by atoms with van der Waals surface area (Å²) >= 11 is 6.42. The average Bonchev–Trinajstić information content (AvgIpc) is 3.40. The number of pyridine rings is 2. The molecule has 1 N–H and O–H groups in total. The van der Waals surface area contributed by atoms with E-state index in [-0.39, 0.29) is 16.4 Å². The Hall–Kier alpha value is -3.56. The highest BCUT2D eigenvalue weighted by Gasteiger charge is 2.27. The van der Waals surface area contributed by atoms with Gasteiger partial charge in [-0.2, -0.15) is 0 Å². The number of ether oxygens (including phenoxy) is 2. The SMILES string of the molecule is COc1cc2[nH]cc(-c3cc4c(Cl)ccnc4n3S(=O)(=O)c3ccc(C)cc3)c2nc1OC. The third-order valence-corrected chi connectivity index (χ3v) is 7.49. The van der Waals surface area contributed by atoms with Gasteiger partial charge < -0.3 is 14.5 Å². The molecule has 0 aliphatic rings. The number of hydrogen-bond donors (Lipinski definition) is 1. The van der Waals surface area contributed by atoms with Gasteiger partial charge in [0, 0.05) is 29.4 Å². The van der Waals surface area contributed by atoms with E-state index in [4.69, 9.17) is 21.1 Å². The maximum absolute atomic E-state index is 13.8. The molecule has 0 atom stereocenters. The Labute approximate surface area is 194 Å². The van der Waals surface area contributed by atoms with E-state index >= 15 is 0 Å². The second-order valence-electron chi connectivity index (χ2n) is 7.44. The molecule has 0 fully saturated rings. The summed E-state index contributed by atoms with van der Waals surface area (Å²) in [6, 6.07) is 11.7. The summed E-state index contributed by atoms with van der Waals surface area (Å²) in [4.78, 5) is 12.2. The first-order valence-electron chi connectivity index (χ1n) is 9.94. The van der Waals surface area contributed by atoms with Crippen LogP contribution in [0.2, 0.25) is 5.02 Å². The minimum Gasteiger partial charge on any atom is -0.491 e. The third-order valence-electron chi connectivity index (χ3n) is 5.44. The van der Waals surface area contributed by atoms with Crippen LogP contribution in [0.25, 0.3) is 33.3 Å². The number of H-pyrrole nitrogens is 1. The van der Waals surface area contributed by atoms with Crippen molar-refractivity contribution in [3.63, 3.8) is 0 Å². The standard InChI is InChI=1S/C23H19ClN4O4S/c1-13-4-6-14(7-5-13)33(29,30)28-19(10-15-17(24)8-9-25-22(15)28)16-12-26-18-11-20(31-2)23(32-3)27-21(16)18/h4-12,26H,1-3H3. The molecule has 0 aliphatic heterocycles. The van der Waals surface area contributed by atoms with Crippen LogP contribution in [0.1, 0.15) is 5.56 Å². The highest BCUT2D eigenvalue weighted by atomic mass is 35.5. The van der Waals surface area contributed by atoms with E-state index in [1.54, 1.807) is 48.7 Å². The predicted octanol–water partition coefficient (Wildman–Crippen LogP) is 4.80. The van der Waals surface area contributed by atoms with Gasteiger partial charge in [0.25, 0.3) is 15.9 Å². The molecule has 4 heterocycles. The Kier molecular flexibility index (Phi) is 5.02. The summed E-state index contributed by atoms with van der Waals surface area (Å²) < 4.78 is 39.5. The number of aromatic nitrogens is 4. The Morgan fingerprint density at radius 1 is 1.06 bits per heavy atom. The lowest BCUT2D eigenvalue weighted by molar-refractivity contribution is 0.344. The highest BCUT2D eigenvalue weighted by Crippen LogP contribution is 2.39. The number of rotatable bonds is 5. The van der Waals surface area contributed by atoms with Gasteiger partial charge in [0.15, 0.2) is 11.4 Å². The van der Waals surface area contributed by atoms with Crippen molar-refractivity contribution in [1.82, 2.24) is 18.9 Å². The predicted molar refractivity (Wildman–Crippen MR) is 127 cm³/mol. The summed E-state index contributed by atoms with van der Waals surface area (Å²) in [5, 5.41) is 0.908. The fourth-order valence-electron chi connectivity index (χ4n) is 3.79. The zero-order chi connectivity index (χ0) is 23.3. The topological polar surface area (TPSA) is 99.1 Å². The van der Waals surface area contributed by atoms with E-state index in [1.165, 1.54) is 24.4 Å². The van der Waals surface area contributed by atoms with Crippen LogP contribution < -0.4 is 9.47 Å². The van der Waals surface area contributed by atoms with Crippen LogP contribution >= 0.6 is 11.6 Å². The van der Waals surface area contributed by atoms with Gasteiger partial charge in [0.1, 0.15) is 5.52 Å². The zero-order valence-corrected chi connectivity index (χ0v) is 19.5. The Balaban J connectivity index is 1.85. The molecule has 0 unspecified atom stereocenters. The van der Waals surface area contributed by atoms with E-state index in [0.29, 0.717) is 38.4 Å². The maximum Gasteiger partial charge on any atom is 0.269 e. The molecule has 10 heteroatoms. The summed E-state index contributed by atoms with van der Waals surface area (Å²) in [6.07, 6.45) is 3.18. The number of aromatic amines is 1. The van der Waals surface area contributed by atoms with Crippen molar-refractivity contribution in [2.75, 3.05) is 14.2 Å². The first-order valence-corrected chi connectivity index (χ1v) is 11.8. The van der Waals surface area contributed by atoms with Gasteiger partial charge in [-0.25, -0.2) is 22.4 Å². The quantitative estimate of drug-likeness (QED) is 0.386. The molecule has 33 heavy (non-hydrogen) atoms. The van der Waals surface area contributed by atoms with E-state index in [2.05, 4.69) is 15.0 Å². The van der Waals surface area contributed by atoms with Gasteiger partial charge in [-0.1, -0.05) is 29.3 Å². The molecule has 0 amide bonds. The first kappa shape index (κ1) is 21.3. The first-order chi connectivity index (χ1) is 15.8. The smallest absolute Gasteiger partial charge is 0.269 e. The lowest BCUT2D eigenvalue weighted by Crippen LogP contribution is -2.14. The molecule has 5 aromatic rings. The van der Waals surface area contributed by atoms with Crippen LogP contribution in [0.3, 0.4) is 0 Å². The Bertz CT molecular complexity index is 1620. The molecular weight excluding hydrogens is 464 g/mol. The normalized spacial score (nSPS) is 11.9. The molecule has 0 saturated carbocycles. The lowest BCUT2D eigenvalue weighted by atomic mass is 10.2. The number of benzene rings is 1. The molecule has 0 spiro atoms. The number of aryl methyl sites for hydroxylation is 1. The fourth-order valence-corrected chi connectivity index (χ4v) is 5.46. The van der Waals surface area contributed by atoms with Crippen molar-refractivity contribution in [3.05, 3.63) is 65.4 Å². The van der Waals surface area contributed by atoms with E-state index in [9.17, 15) is 8.42 Å². The van der Waals surface area contributed by atoms with Gasteiger partial charge in [0.05, 0.1) is 35.3 Å². The lowest BCUT2D eigenvalue weighted by Gasteiger charge is -2.12. The Morgan fingerprint density at radius 3 is 2.52 bits per heavy atom. The van der Waals surface area contributed by atoms with Crippen LogP contribution in [0.5, 0.6) is 11.6 Å². The van der Waals surface area contributed by atoms with Crippen molar-refractivity contribution in [2.24, 2.45) is 0 Å². The number of nitrogens with zero attached hydrogens (tertiary/aromatic N) is 3. The van der Waals surface area contributed by atoms with Crippen LogP contribution in [0, 0.1) is 6.92 Å². The van der Waals surface area contributed by atoms with Crippen molar-refractivity contribution >= 4 is 43.7 Å². The second kappa shape index (κ2) is 7.79. The number of nitrogens with one attached hydrogen (secondary N) is 1. The van der Waals surface area contributed by atoms with Gasteiger partial charge in [-0.05, 0) is 31.2 Å². The number of methoxy groups -OCH3 is 2. The highest BCUT2D eigenvalue weighted by molar-refractivity contribution is 7.90. The van der Waals surface area contributed by atoms with Gasteiger partial charge in [-0.3, -0.25) is 0 Å². The molecule has 5 rings (SSSR count). The van der Waals surface area contributed by atoms with Gasteiger partial charge in [0.2, 0.25) is 0 Å². The third kappa shape index (κ3) is 3.32. The number of fused-ring (bicyclic) bond motifs is 2. The average molecular weight is 483 g/mol. The van der Waals surface area contributed by atoms with E-state index in [1.807, 2.05) is 6.92 Å². The van der Waals surface area contributed by atoms with Crippen molar-refractivity contribution in [2.45, 2.75) is 11.8 Å². The van der Waals surface area contributed by atoms with Crippen molar-refractivity contribution in [3.8, 4) is 22.9 Å². The summed E-state index contributed by atoms with van der Waals surface area (Å²) in [7, 11) is -0.997. The molecular formula is C23H19ClN4O4S. The number of hydrogen-bond acceptors (Lipinski definition) is 6. The molecule has 0 radical (unpaired) electrons. The Morgan fingerprint density at radius 2 is 1.82 bits per heavy atom. The summed E-state index contributed by atoms with van der Waals surface area (Å²) in [5.41, 5.74) is 3.29. The molecule has 0 bridgehead atoms. The molecule has 8 nitrogen and oxygen atoms in total. The van der Waals surface area contributed by atoms with Crippen molar-refractivity contribution < 1.29 is 17.9 Å². The molecule has 1 aromatic carbocycles. The largest absolute Gasteiger partial charge is 0.491 e. The van der Waals surface area contributed by atoms with Crippen LogP contribution in [-0.2, 0) is 10.0 Å². The minimum absolute atomic E-state index is 0.140. The number of halogens is 1. The fraction of sp³-hybridized carbons (Fsp3) is 0.130. The summed E-state index contributed by atoms with van der Waals surface area (Å²) in [5.74, 6) is 0.738. The maximum atomic E-state index is 13.8. The zero-order valence-electron chi connectivity index (χ0n) is 18.0. The second-order valence-corrected chi connectivity index (χ2v) is 9.63. The van der Waals surface area contributed by atoms with Crippen molar-refractivity contribution in [1.29, 1.82) is 0 Å².